The number of allylic oxidation sites excluding steroid dienone is 1. The number of rotatable bonds is 5. The Labute approximate surface area is 128 Å². The van der Waals surface area contributed by atoms with Crippen LogP contribution in [0.5, 0.6) is 0 Å². The van der Waals surface area contributed by atoms with E-state index >= 15 is 0 Å². The standard InChI is InChI=1S/C20H38/c1-11(2)16-17(12(3)4)19(14(7)8)20(15(9)10)18(16)13(5)6/h12-20H,1H2,2-10H3. The molecular formula is C20H38. The molecule has 1 aliphatic carbocycles. The van der Waals surface area contributed by atoms with Crippen molar-refractivity contribution in [1.82, 2.24) is 0 Å². The minimum Gasteiger partial charge on any atom is -0.0998 e. The second kappa shape index (κ2) is 6.67. The van der Waals surface area contributed by atoms with E-state index < -0.39 is 0 Å². The maximum absolute atomic E-state index is 4.39. The lowest BCUT2D eigenvalue weighted by Crippen LogP contribution is -2.29. The molecule has 1 rings (SSSR count). The van der Waals surface area contributed by atoms with Crippen molar-refractivity contribution >= 4 is 0 Å². The molecule has 0 aromatic carbocycles. The van der Waals surface area contributed by atoms with Gasteiger partial charge in [0.15, 0.2) is 0 Å². The topological polar surface area (TPSA) is 0 Å². The molecule has 4 atom stereocenters. The molecule has 0 heterocycles. The summed E-state index contributed by atoms with van der Waals surface area (Å²) >= 11 is 0. The van der Waals surface area contributed by atoms with Gasteiger partial charge < -0.3 is 0 Å². The van der Waals surface area contributed by atoms with Gasteiger partial charge in [0.2, 0.25) is 0 Å². The van der Waals surface area contributed by atoms with E-state index in [9.17, 15) is 0 Å². The Kier molecular flexibility index (Phi) is 5.93. The van der Waals surface area contributed by atoms with Gasteiger partial charge in [0.05, 0.1) is 0 Å². The van der Waals surface area contributed by atoms with Gasteiger partial charge in [0.25, 0.3) is 0 Å². The minimum absolute atomic E-state index is 0.717. The largest absolute Gasteiger partial charge is 0.0998 e. The second-order valence-electron chi connectivity index (χ2n) is 8.66. The molecule has 1 saturated carbocycles. The Hall–Kier alpha value is -0.260. The summed E-state index contributed by atoms with van der Waals surface area (Å²) in [4.78, 5) is 0. The van der Waals surface area contributed by atoms with E-state index in [4.69, 9.17) is 0 Å². The molecule has 0 spiro atoms. The Balaban J connectivity index is 3.36. The van der Waals surface area contributed by atoms with Gasteiger partial charge in [-0.25, -0.2) is 0 Å². The highest BCUT2D eigenvalue weighted by Crippen LogP contribution is 2.58. The van der Waals surface area contributed by atoms with Crippen LogP contribution >= 0.6 is 0 Å². The highest BCUT2D eigenvalue weighted by molar-refractivity contribution is 5.12. The van der Waals surface area contributed by atoms with E-state index in [2.05, 4.69) is 68.9 Å². The van der Waals surface area contributed by atoms with Crippen molar-refractivity contribution in [2.24, 2.45) is 53.3 Å². The van der Waals surface area contributed by atoms with Gasteiger partial charge in [0, 0.05) is 0 Å². The Morgan fingerprint density at radius 2 is 0.850 bits per heavy atom. The molecule has 118 valence electrons. The summed E-state index contributed by atoms with van der Waals surface area (Å²) in [7, 11) is 0. The second-order valence-corrected chi connectivity index (χ2v) is 8.66. The van der Waals surface area contributed by atoms with E-state index in [1.165, 1.54) is 5.57 Å². The third-order valence-electron chi connectivity index (χ3n) is 5.81. The van der Waals surface area contributed by atoms with Crippen LogP contribution < -0.4 is 0 Å². The highest BCUT2D eigenvalue weighted by atomic mass is 14.6. The molecule has 0 bridgehead atoms. The van der Waals surface area contributed by atoms with Crippen LogP contribution in [0.2, 0.25) is 0 Å². The fraction of sp³-hybridized carbons (Fsp3) is 0.900. The van der Waals surface area contributed by atoms with Crippen molar-refractivity contribution in [2.75, 3.05) is 0 Å². The zero-order valence-corrected chi connectivity index (χ0v) is 15.4. The molecule has 1 fully saturated rings. The molecule has 0 heteroatoms. The van der Waals surface area contributed by atoms with E-state index in [1.54, 1.807) is 0 Å². The van der Waals surface area contributed by atoms with Crippen molar-refractivity contribution < 1.29 is 0 Å². The molecule has 0 aromatic rings. The average molecular weight is 279 g/mol. The van der Waals surface area contributed by atoms with Gasteiger partial charge in [-0.2, -0.15) is 0 Å². The lowest BCUT2D eigenvalue weighted by Gasteiger charge is -2.35. The quantitative estimate of drug-likeness (QED) is 0.519. The summed E-state index contributed by atoms with van der Waals surface area (Å²) in [6.45, 7) is 26.1. The summed E-state index contributed by atoms with van der Waals surface area (Å²) in [6.07, 6.45) is 0. The molecule has 1 aliphatic rings. The zero-order chi connectivity index (χ0) is 15.8. The zero-order valence-electron chi connectivity index (χ0n) is 15.4. The third-order valence-corrected chi connectivity index (χ3v) is 5.81. The molecule has 0 saturated heterocycles. The van der Waals surface area contributed by atoms with Crippen LogP contribution in [0.4, 0.5) is 0 Å². The SMILES string of the molecule is C=C(C)C1C(C(C)C)C(C(C)C)C(C(C)C)C1C(C)C. The normalized spacial score (nSPS) is 34.8. The van der Waals surface area contributed by atoms with Crippen molar-refractivity contribution in [3.63, 3.8) is 0 Å². The minimum atomic E-state index is 0.717. The van der Waals surface area contributed by atoms with E-state index in [0.717, 1.165) is 53.3 Å². The maximum atomic E-state index is 4.39. The van der Waals surface area contributed by atoms with Crippen molar-refractivity contribution in [3.8, 4) is 0 Å². The Morgan fingerprint density at radius 1 is 0.600 bits per heavy atom. The summed E-state index contributed by atoms with van der Waals surface area (Å²) in [5.74, 6) is 7.12. The summed E-state index contributed by atoms with van der Waals surface area (Å²) < 4.78 is 0. The van der Waals surface area contributed by atoms with Crippen molar-refractivity contribution in [1.29, 1.82) is 0 Å². The molecule has 20 heavy (non-hydrogen) atoms. The van der Waals surface area contributed by atoms with Crippen LogP contribution in [0.15, 0.2) is 12.2 Å². The van der Waals surface area contributed by atoms with Crippen LogP contribution in [0.1, 0.15) is 62.3 Å². The van der Waals surface area contributed by atoms with Crippen LogP contribution in [-0.4, -0.2) is 0 Å². The summed E-state index contributed by atoms with van der Waals surface area (Å²) in [5.41, 5.74) is 1.43. The summed E-state index contributed by atoms with van der Waals surface area (Å²) in [5, 5.41) is 0. The first-order valence-electron chi connectivity index (χ1n) is 8.76. The van der Waals surface area contributed by atoms with Gasteiger partial charge in [-0.1, -0.05) is 67.5 Å². The molecular weight excluding hydrogens is 240 g/mol. The predicted molar refractivity (Wildman–Crippen MR) is 91.6 cm³/mol. The van der Waals surface area contributed by atoms with Crippen LogP contribution in [0.3, 0.4) is 0 Å². The molecule has 0 nitrogen and oxygen atoms in total. The lowest BCUT2D eigenvalue weighted by molar-refractivity contribution is 0.131. The fourth-order valence-corrected chi connectivity index (χ4v) is 5.40. The predicted octanol–water partition coefficient (Wildman–Crippen LogP) is 6.28. The molecule has 0 aliphatic heterocycles. The van der Waals surface area contributed by atoms with Crippen LogP contribution in [-0.2, 0) is 0 Å². The van der Waals surface area contributed by atoms with Crippen LogP contribution in [0.25, 0.3) is 0 Å². The first kappa shape index (κ1) is 17.8. The number of hydrogen-bond donors (Lipinski definition) is 0. The van der Waals surface area contributed by atoms with Gasteiger partial charge in [-0.3, -0.25) is 0 Å². The van der Waals surface area contributed by atoms with Gasteiger partial charge in [-0.15, -0.1) is 0 Å². The van der Waals surface area contributed by atoms with Crippen molar-refractivity contribution in [3.05, 3.63) is 12.2 Å². The average Bonchev–Trinajstić information content (AvgIpc) is 2.64. The smallest absolute Gasteiger partial charge is 0.0141 e. The first-order valence-corrected chi connectivity index (χ1v) is 8.76. The lowest BCUT2D eigenvalue weighted by atomic mass is 9.70. The maximum Gasteiger partial charge on any atom is -0.0141 e. The molecule has 0 N–H and O–H groups in total. The first-order chi connectivity index (χ1) is 9.11. The summed E-state index contributed by atoms with van der Waals surface area (Å²) in [6, 6.07) is 0. The highest BCUT2D eigenvalue weighted by Gasteiger charge is 2.53. The van der Waals surface area contributed by atoms with E-state index in [1.807, 2.05) is 0 Å². The Bertz CT molecular complexity index is 295. The van der Waals surface area contributed by atoms with Gasteiger partial charge in [-0.05, 0) is 60.2 Å². The Morgan fingerprint density at radius 3 is 1.00 bits per heavy atom. The number of hydrogen-bond acceptors (Lipinski definition) is 0. The monoisotopic (exact) mass is 278 g/mol. The van der Waals surface area contributed by atoms with Crippen LogP contribution in [0, 0.1) is 53.3 Å². The third kappa shape index (κ3) is 3.15. The van der Waals surface area contributed by atoms with Gasteiger partial charge >= 0.3 is 0 Å². The van der Waals surface area contributed by atoms with Gasteiger partial charge in [0.1, 0.15) is 0 Å². The van der Waals surface area contributed by atoms with Crippen molar-refractivity contribution in [2.45, 2.75) is 62.3 Å². The molecule has 0 radical (unpaired) electrons. The fourth-order valence-electron chi connectivity index (χ4n) is 5.40. The molecule has 0 aromatic heterocycles. The molecule has 4 unspecified atom stereocenters. The molecule has 0 amide bonds. The van der Waals surface area contributed by atoms with E-state index in [-0.39, 0.29) is 0 Å². The van der Waals surface area contributed by atoms with E-state index in [0.29, 0.717) is 0 Å².